The van der Waals surface area contributed by atoms with E-state index in [0.717, 1.165) is 34.9 Å². The van der Waals surface area contributed by atoms with Crippen molar-refractivity contribution in [3.63, 3.8) is 0 Å². The topological polar surface area (TPSA) is 64.1 Å². The number of benzene rings is 1. The molecule has 0 bridgehead atoms. The molecule has 4 heteroatoms. The number of nitrogens with zero attached hydrogens (tertiary/aromatic N) is 2. The number of hydrogen-bond acceptors (Lipinski definition) is 3. The Bertz CT molecular complexity index is 774. The second kappa shape index (κ2) is 4.16. The first-order valence-corrected chi connectivity index (χ1v) is 6.50. The molecule has 3 rings (SSSR count). The zero-order valence-corrected chi connectivity index (χ0v) is 11.1. The predicted octanol–water partition coefficient (Wildman–Crippen LogP) is 3.20. The van der Waals surface area contributed by atoms with E-state index in [-0.39, 0.29) is 5.88 Å². The van der Waals surface area contributed by atoms with Crippen LogP contribution in [0.1, 0.15) is 18.9 Å². The molecule has 3 aromatic rings. The van der Waals surface area contributed by atoms with Crippen LogP contribution in [-0.4, -0.2) is 14.7 Å². The summed E-state index contributed by atoms with van der Waals surface area (Å²) in [5, 5.41) is 11.8. The lowest BCUT2D eigenvalue weighted by Crippen LogP contribution is -1.93. The second-order valence-corrected chi connectivity index (χ2v) is 4.90. The lowest BCUT2D eigenvalue weighted by molar-refractivity contribution is 0.421. The van der Waals surface area contributed by atoms with E-state index < -0.39 is 0 Å². The van der Waals surface area contributed by atoms with Crippen LogP contribution in [0.25, 0.3) is 21.8 Å². The summed E-state index contributed by atoms with van der Waals surface area (Å²) in [6.07, 6.45) is 2.82. The van der Waals surface area contributed by atoms with E-state index in [1.165, 1.54) is 0 Å². The minimum Gasteiger partial charge on any atom is -0.494 e. The molecule has 0 aliphatic heterocycles. The molecule has 3 N–H and O–H groups in total. The van der Waals surface area contributed by atoms with Crippen LogP contribution in [0.4, 0.5) is 5.69 Å². The largest absolute Gasteiger partial charge is 0.494 e. The average molecular weight is 255 g/mol. The van der Waals surface area contributed by atoms with Crippen molar-refractivity contribution in [1.29, 1.82) is 0 Å². The third kappa shape index (κ3) is 1.63. The van der Waals surface area contributed by atoms with Crippen molar-refractivity contribution in [1.82, 2.24) is 9.55 Å². The van der Waals surface area contributed by atoms with Gasteiger partial charge in [-0.2, -0.15) is 0 Å². The van der Waals surface area contributed by atoms with E-state index in [9.17, 15) is 5.11 Å². The molecule has 4 nitrogen and oxygen atoms in total. The summed E-state index contributed by atoms with van der Waals surface area (Å²) in [4.78, 5) is 4.64. The lowest BCUT2D eigenvalue weighted by Gasteiger charge is -2.06. The molecule has 98 valence electrons. The fraction of sp³-hybridized carbons (Fsp3) is 0.267. The number of aromatic nitrogens is 2. The number of rotatable bonds is 2. The van der Waals surface area contributed by atoms with Crippen molar-refractivity contribution in [3.05, 3.63) is 30.0 Å². The summed E-state index contributed by atoms with van der Waals surface area (Å²) in [5.74, 6) is 0.213. The van der Waals surface area contributed by atoms with E-state index >= 15 is 0 Å². The van der Waals surface area contributed by atoms with Gasteiger partial charge in [-0.25, -0.2) is 4.98 Å². The lowest BCUT2D eigenvalue weighted by atomic mass is 10.1. The monoisotopic (exact) mass is 255 g/mol. The number of nitrogen functional groups attached to an aromatic ring is 1. The van der Waals surface area contributed by atoms with Gasteiger partial charge in [-0.15, -0.1) is 0 Å². The molecule has 0 saturated carbocycles. The van der Waals surface area contributed by atoms with Crippen molar-refractivity contribution in [3.8, 4) is 5.88 Å². The normalized spacial score (nSPS) is 11.5. The minimum absolute atomic E-state index is 0.213. The van der Waals surface area contributed by atoms with Crippen LogP contribution in [-0.2, 0) is 6.54 Å². The van der Waals surface area contributed by atoms with E-state index in [4.69, 9.17) is 5.73 Å². The Hall–Kier alpha value is -2.23. The zero-order chi connectivity index (χ0) is 13.6. The molecule has 0 amide bonds. The van der Waals surface area contributed by atoms with Crippen molar-refractivity contribution in [2.24, 2.45) is 0 Å². The van der Waals surface area contributed by atoms with Crippen LogP contribution in [0.5, 0.6) is 5.88 Å². The number of aromatic hydroxyl groups is 1. The smallest absolute Gasteiger partial charge is 0.202 e. The maximum absolute atomic E-state index is 10.3. The molecule has 0 aliphatic carbocycles. The minimum atomic E-state index is 0.213. The third-order valence-electron chi connectivity index (χ3n) is 3.52. The SMILES string of the molecule is CCCn1cc2nc3c(C)cccc3c(N)c2c1O. The first-order valence-electron chi connectivity index (χ1n) is 6.50. The number of pyridine rings is 1. The molecule has 0 atom stereocenters. The van der Waals surface area contributed by atoms with Crippen molar-refractivity contribution < 1.29 is 5.11 Å². The quantitative estimate of drug-likeness (QED) is 0.739. The van der Waals surface area contributed by atoms with Gasteiger partial charge in [0.2, 0.25) is 5.88 Å². The highest BCUT2D eigenvalue weighted by atomic mass is 16.3. The van der Waals surface area contributed by atoms with Crippen LogP contribution < -0.4 is 5.73 Å². The maximum Gasteiger partial charge on any atom is 0.202 e. The fourth-order valence-electron chi connectivity index (χ4n) is 2.57. The molecule has 2 heterocycles. The van der Waals surface area contributed by atoms with Crippen molar-refractivity contribution in [2.75, 3.05) is 5.73 Å². The van der Waals surface area contributed by atoms with Crippen LogP contribution in [0, 0.1) is 6.92 Å². The van der Waals surface area contributed by atoms with Gasteiger partial charge < -0.3 is 15.4 Å². The molecule has 19 heavy (non-hydrogen) atoms. The Morgan fingerprint density at radius 1 is 1.37 bits per heavy atom. The van der Waals surface area contributed by atoms with Gasteiger partial charge in [0.25, 0.3) is 0 Å². The summed E-state index contributed by atoms with van der Waals surface area (Å²) >= 11 is 0. The zero-order valence-electron chi connectivity index (χ0n) is 11.1. The van der Waals surface area contributed by atoms with Crippen LogP contribution in [0.2, 0.25) is 0 Å². The molecule has 0 radical (unpaired) electrons. The summed E-state index contributed by atoms with van der Waals surface area (Å²) < 4.78 is 1.81. The van der Waals surface area contributed by atoms with Gasteiger partial charge in [-0.05, 0) is 18.9 Å². The Balaban J connectivity index is 2.44. The van der Waals surface area contributed by atoms with Gasteiger partial charge in [-0.3, -0.25) is 0 Å². The van der Waals surface area contributed by atoms with Gasteiger partial charge in [0.15, 0.2) is 0 Å². The molecular weight excluding hydrogens is 238 g/mol. The van der Waals surface area contributed by atoms with Gasteiger partial charge in [-0.1, -0.05) is 25.1 Å². The van der Waals surface area contributed by atoms with Crippen LogP contribution in [0.3, 0.4) is 0 Å². The number of anilines is 1. The summed E-state index contributed by atoms with van der Waals surface area (Å²) in [7, 11) is 0. The predicted molar refractivity (Wildman–Crippen MR) is 78.3 cm³/mol. The summed E-state index contributed by atoms with van der Waals surface area (Å²) in [6, 6.07) is 5.92. The molecule has 0 saturated heterocycles. The molecule has 0 fully saturated rings. The van der Waals surface area contributed by atoms with E-state index in [2.05, 4.69) is 11.9 Å². The van der Waals surface area contributed by atoms with Crippen LogP contribution in [0.15, 0.2) is 24.4 Å². The average Bonchev–Trinajstić information content (AvgIpc) is 2.69. The van der Waals surface area contributed by atoms with Gasteiger partial charge in [0, 0.05) is 18.1 Å². The molecule has 2 aromatic heterocycles. The van der Waals surface area contributed by atoms with E-state index in [0.29, 0.717) is 11.1 Å². The van der Waals surface area contributed by atoms with E-state index in [1.807, 2.05) is 35.9 Å². The first kappa shape index (κ1) is 11.8. The molecule has 0 unspecified atom stereocenters. The van der Waals surface area contributed by atoms with Crippen molar-refractivity contribution >= 4 is 27.5 Å². The van der Waals surface area contributed by atoms with Gasteiger partial charge in [0.05, 0.1) is 22.1 Å². The Kier molecular flexibility index (Phi) is 2.59. The third-order valence-corrected chi connectivity index (χ3v) is 3.52. The highest BCUT2D eigenvalue weighted by molar-refractivity contribution is 6.09. The molecule has 1 aromatic carbocycles. The Labute approximate surface area is 111 Å². The second-order valence-electron chi connectivity index (χ2n) is 4.90. The number of hydrogen-bond donors (Lipinski definition) is 2. The summed E-state index contributed by atoms with van der Waals surface area (Å²) in [5.41, 5.74) is 9.58. The Morgan fingerprint density at radius 2 is 2.16 bits per heavy atom. The van der Waals surface area contributed by atoms with E-state index in [1.54, 1.807) is 0 Å². The van der Waals surface area contributed by atoms with Gasteiger partial charge in [0.1, 0.15) is 0 Å². The standard InChI is InChI=1S/C15H17N3O/c1-3-7-18-8-11-12(15(18)19)13(16)10-6-4-5-9(2)14(10)17-11/h4-6,8,19H,3,7,16H2,1-2H3. The number of aryl methyl sites for hydroxylation is 2. The number of nitrogens with two attached hydrogens (primary N) is 1. The maximum atomic E-state index is 10.3. The van der Waals surface area contributed by atoms with Crippen LogP contribution >= 0.6 is 0 Å². The number of para-hydroxylation sites is 1. The Morgan fingerprint density at radius 3 is 2.89 bits per heavy atom. The number of fused-ring (bicyclic) bond motifs is 2. The fourth-order valence-corrected chi connectivity index (χ4v) is 2.57. The highest BCUT2D eigenvalue weighted by Gasteiger charge is 2.15. The first-order chi connectivity index (χ1) is 9.13. The highest BCUT2D eigenvalue weighted by Crippen LogP contribution is 2.36. The molecular formula is C15H17N3O. The molecule has 0 aliphatic rings. The van der Waals surface area contributed by atoms with Gasteiger partial charge >= 0.3 is 0 Å². The summed E-state index contributed by atoms with van der Waals surface area (Å²) in [6.45, 7) is 4.85. The molecule has 0 spiro atoms. The van der Waals surface area contributed by atoms with Crippen molar-refractivity contribution in [2.45, 2.75) is 26.8 Å².